The van der Waals surface area contributed by atoms with Crippen LogP contribution in [0, 0.1) is 5.82 Å². The number of pyridine rings is 1. The number of anilines is 2. The largest absolute Gasteiger partial charge is 0.419 e. The topological polar surface area (TPSA) is 79.4 Å². The van der Waals surface area contributed by atoms with E-state index < -0.39 is 27.4 Å². The predicted molar refractivity (Wildman–Crippen MR) is 113 cm³/mol. The van der Waals surface area contributed by atoms with Crippen LogP contribution in [0.3, 0.4) is 0 Å². The molecule has 176 valence electrons. The molecule has 2 fully saturated rings. The molecule has 1 aliphatic heterocycles. The summed E-state index contributed by atoms with van der Waals surface area (Å²) in [6.07, 6.45) is -0.750. The number of halogens is 4. The highest BCUT2D eigenvalue weighted by molar-refractivity contribution is 7.91. The number of fused-ring (bicyclic) bond motifs is 5. The van der Waals surface area contributed by atoms with Gasteiger partial charge in [-0.2, -0.15) is 13.2 Å². The molecule has 1 aromatic carbocycles. The first-order valence-electron chi connectivity index (χ1n) is 10.7. The zero-order valence-electron chi connectivity index (χ0n) is 17.5. The molecule has 2 aromatic rings. The number of carbonyl (C=O) groups is 1. The van der Waals surface area contributed by atoms with E-state index in [4.69, 9.17) is 0 Å². The fraction of sp³-hybridized carbons (Fsp3) is 0.455. The first-order valence-corrected chi connectivity index (χ1v) is 12.5. The second-order valence-electron chi connectivity index (χ2n) is 8.82. The van der Waals surface area contributed by atoms with Crippen LogP contribution in [-0.2, 0) is 16.0 Å². The molecule has 5 rings (SSSR count). The van der Waals surface area contributed by atoms with Gasteiger partial charge in [0, 0.05) is 18.8 Å². The van der Waals surface area contributed by atoms with Crippen molar-refractivity contribution in [1.29, 1.82) is 0 Å². The minimum Gasteiger partial charge on any atom is -0.354 e. The summed E-state index contributed by atoms with van der Waals surface area (Å²) in [6.45, 7) is 0.225. The molecule has 1 saturated carbocycles. The number of sulfone groups is 1. The van der Waals surface area contributed by atoms with E-state index >= 15 is 0 Å². The zero-order valence-corrected chi connectivity index (χ0v) is 18.3. The summed E-state index contributed by atoms with van der Waals surface area (Å²) in [5.74, 6) is -1.55. The van der Waals surface area contributed by atoms with Gasteiger partial charge in [-0.15, -0.1) is 0 Å². The summed E-state index contributed by atoms with van der Waals surface area (Å²) in [6, 6.07) is 2.73. The lowest BCUT2D eigenvalue weighted by Gasteiger charge is -2.28. The lowest BCUT2D eigenvalue weighted by molar-refractivity contribution is -0.139. The maximum Gasteiger partial charge on any atom is 0.419 e. The van der Waals surface area contributed by atoms with Crippen LogP contribution < -0.4 is 5.32 Å². The lowest BCUT2D eigenvalue weighted by atomic mass is 9.89. The van der Waals surface area contributed by atoms with E-state index in [0.29, 0.717) is 5.69 Å². The molecule has 2 unspecified atom stereocenters. The molecule has 0 spiro atoms. The SMILES string of the molecule is O=C(c1ncc(Nc2ccc(F)c(C(F)(F)F)c2)c2c1C1CCC2C1)N1CCS(=O)(=O)CC1. The van der Waals surface area contributed by atoms with Gasteiger partial charge >= 0.3 is 6.18 Å². The molecule has 1 aromatic heterocycles. The van der Waals surface area contributed by atoms with E-state index in [1.54, 1.807) is 0 Å². The molecule has 2 bridgehead atoms. The van der Waals surface area contributed by atoms with Gasteiger partial charge in [0.2, 0.25) is 0 Å². The van der Waals surface area contributed by atoms with Crippen LogP contribution in [0.5, 0.6) is 0 Å². The second kappa shape index (κ2) is 7.68. The third-order valence-electron chi connectivity index (χ3n) is 6.79. The highest BCUT2D eigenvalue weighted by Crippen LogP contribution is 2.56. The van der Waals surface area contributed by atoms with Crippen molar-refractivity contribution in [3.05, 3.63) is 52.6 Å². The van der Waals surface area contributed by atoms with Gasteiger partial charge in [0.05, 0.1) is 29.0 Å². The number of nitrogens with zero attached hydrogens (tertiary/aromatic N) is 2. The van der Waals surface area contributed by atoms with Gasteiger partial charge in [0.1, 0.15) is 11.5 Å². The standard InChI is InChI=1S/C22H21F4N3O3S/c23-16-4-3-14(10-15(16)22(24,25)26)28-17-11-27-20(19-13-2-1-12(9-13)18(17)19)21(30)29-5-7-33(31,32)8-6-29/h3-4,10-13,28H,1-2,5-9H2. The van der Waals surface area contributed by atoms with E-state index in [2.05, 4.69) is 10.3 Å². The van der Waals surface area contributed by atoms with Gasteiger partial charge < -0.3 is 10.2 Å². The molecule has 3 aliphatic rings. The maximum absolute atomic E-state index is 13.7. The monoisotopic (exact) mass is 483 g/mol. The van der Waals surface area contributed by atoms with Gasteiger partial charge in [0.15, 0.2) is 9.84 Å². The highest BCUT2D eigenvalue weighted by atomic mass is 32.2. The Hall–Kier alpha value is -2.69. The summed E-state index contributed by atoms with van der Waals surface area (Å²) < 4.78 is 76.5. The number of benzene rings is 1. The molecule has 1 saturated heterocycles. The Morgan fingerprint density at radius 3 is 2.42 bits per heavy atom. The number of alkyl halides is 3. The molecule has 33 heavy (non-hydrogen) atoms. The molecule has 2 heterocycles. The minimum atomic E-state index is -4.82. The van der Waals surface area contributed by atoms with Crippen LogP contribution in [0.15, 0.2) is 24.4 Å². The van der Waals surface area contributed by atoms with Gasteiger partial charge in [0.25, 0.3) is 5.91 Å². The third kappa shape index (κ3) is 3.96. The Morgan fingerprint density at radius 1 is 1.09 bits per heavy atom. The molecular formula is C22H21F4N3O3S. The van der Waals surface area contributed by atoms with Crippen molar-refractivity contribution in [1.82, 2.24) is 9.88 Å². The van der Waals surface area contributed by atoms with Crippen LogP contribution in [0.25, 0.3) is 0 Å². The van der Waals surface area contributed by atoms with Gasteiger partial charge in [-0.05, 0) is 60.4 Å². The van der Waals surface area contributed by atoms with E-state index in [1.165, 1.54) is 17.2 Å². The lowest BCUT2D eigenvalue weighted by Crippen LogP contribution is -2.44. The molecule has 11 heteroatoms. The fourth-order valence-electron chi connectivity index (χ4n) is 5.21. The average molecular weight is 483 g/mol. The van der Waals surface area contributed by atoms with Gasteiger partial charge in [-0.25, -0.2) is 17.8 Å². The molecule has 6 nitrogen and oxygen atoms in total. The number of rotatable bonds is 3. The number of nitrogens with one attached hydrogen (secondary N) is 1. The molecule has 2 atom stereocenters. The van der Waals surface area contributed by atoms with E-state index in [0.717, 1.165) is 42.5 Å². The molecule has 1 amide bonds. The quantitative estimate of drug-likeness (QED) is 0.662. The normalized spacial score (nSPS) is 23.5. The Labute approximate surface area is 187 Å². The van der Waals surface area contributed by atoms with Crippen molar-refractivity contribution in [3.63, 3.8) is 0 Å². The smallest absolute Gasteiger partial charge is 0.354 e. The number of hydrogen-bond acceptors (Lipinski definition) is 5. The Morgan fingerprint density at radius 2 is 1.76 bits per heavy atom. The van der Waals surface area contributed by atoms with Crippen LogP contribution in [0.2, 0.25) is 0 Å². The number of aromatic nitrogens is 1. The summed E-state index contributed by atoms with van der Waals surface area (Å²) in [5.41, 5.74) is 1.19. The average Bonchev–Trinajstić information content (AvgIpc) is 3.37. The molecular weight excluding hydrogens is 462 g/mol. The van der Waals surface area contributed by atoms with Crippen molar-refractivity contribution in [2.45, 2.75) is 37.3 Å². The molecule has 1 N–H and O–H groups in total. The summed E-state index contributed by atoms with van der Waals surface area (Å²) in [4.78, 5) is 19.1. The molecule has 2 aliphatic carbocycles. The number of carbonyl (C=O) groups excluding carboxylic acids is 1. The Kier molecular flexibility index (Phi) is 5.15. The van der Waals surface area contributed by atoms with Crippen LogP contribution in [0.4, 0.5) is 28.9 Å². The van der Waals surface area contributed by atoms with Crippen molar-refractivity contribution >= 4 is 27.1 Å². The Balaban J connectivity index is 1.49. The summed E-state index contributed by atoms with van der Waals surface area (Å²) >= 11 is 0. The summed E-state index contributed by atoms with van der Waals surface area (Å²) in [7, 11) is -3.14. The first-order chi connectivity index (χ1) is 15.5. The minimum absolute atomic E-state index is 0.0795. The van der Waals surface area contributed by atoms with Gasteiger partial charge in [-0.3, -0.25) is 4.79 Å². The maximum atomic E-state index is 13.7. The first kappa shape index (κ1) is 22.1. The van der Waals surface area contributed by atoms with Crippen LogP contribution in [-0.4, -0.2) is 48.8 Å². The number of amides is 1. The van der Waals surface area contributed by atoms with Crippen molar-refractivity contribution < 1.29 is 30.8 Å². The van der Waals surface area contributed by atoms with E-state index in [-0.39, 0.29) is 53.7 Å². The van der Waals surface area contributed by atoms with Gasteiger partial charge in [-0.1, -0.05) is 0 Å². The second-order valence-corrected chi connectivity index (χ2v) is 11.1. The highest BCUT2D eigenvalue weighted by Gasteiger charge is 2.43. The van der Waals surface area contributed by atoms with Crippen LogP contribution in [0.1, 0.15) is 58.3 Å². The van der Waals surface area contributed by atoms with E-state index in [9.17, 15) is 30.8 Å². The number of hydrogen-bond donors (Lipinski definition) is 1. The predicted octanol–water partition coefficient (Wildman–Crippen LogP) is 4.22. The fourth-order valence-corrected chi connectivity index (χ4v) is 6.41. The van der Waals surface area contributed by atoms with Crippen LogP contribution >= 0.6 is 0 Å². The Bertz CT molecular complexity index is 1230. The van der Waals surface area contributed by atoms with E-state index in [1.807, 2.05) is 0 Å². The summed E-state index contributed by atoms with van der Waals surface area (Å²) in [5, 5.41) is 2.95. The third-order valence-corrected chi connectivity index (χ3v) is 8.40. The van der Waals surface area contributed by atoms with Crippen molar-refractivity contribution in [3.8, 4) is 0 Å². The zero-order chi connectivity index (χ0) is 23.5. The molecule has 0 radical (unpaired) electrons. The van der Waals surface area contributed by atoms with Crippen molar-refractivity contribution in [2.75, 3.05) is 29.9 Å². The van der Waals surface area contributed by atoms with Crippen molar-refractivity contribution in [2.24, 2.45) is 0 Å².